The molecule has 2 aromatic rings. The zero-order chi connectivity index (χ0) is 16.0. The van der Waals surface area contributed by atoms with E-state index in [0.29, 0.717) is 23.1 Å². The van der Waals surface area contributed by atoms with Gasteiger partial charge in [0.25, 0.3) is 0 Å². The van der Waals surface area contributed by atoms with E-state index in [-0.39, 0.29) is 17.9 Å². The molecular weight excluding hydrogens is 288 g/mol. The summed E-state index contributed by atoms with van der Waals surface area (Å²) in [5.74, 6) is -0.435. The first-order chi connectivity index (χ1) is 11.1. The molecule has 0 aromatic heterocycles. The Labute approximate surface area is 134 Å². The van der Waals surface area contributed by atoms with Crippen LogP contribution in [-0.2, 0) is 9.53 Å². The predicted octanol–water partition coefficient (Wildman–Crippen LogP) is 3.98. The Morgan fingerprint density at radius 2 is 1.91 bits per heavy atom. The molecular formula is C20H16O3. The maximum atomic E-state index is 12.9. The summed E-state index contributed by atoms with van der Waals surface area (Å²) in [5, 5.41) is 2.12. The molecule has 0 radical (unpaired) electrons. The van der Waals surface area contributed by atoms with Gasteiger partial charge >= 0.3 is 5.97 Å². The molecule has 3 nitrogen and oxygen atoms in total. The molecule has 0 saturated carbocycles. The normalized spacial score (nSPS) is 20.3. The molecule has 0 spiro atoms. The van der Waals surface area contributed by atoms with Crippen molar-refractivity contribution in [2.75, 3.05) is 0 Å². The number of Topliss-reactive ketones (excluding diaryl/α,β-unsaturated/α-hetero) is 1. The Kier molecular flexibility index (Phi) is 3.15. The lowest BCUT2D eigenvalue weighted by Crippen LogP contribution is -2.13. The maximum absolute atomic E-state index is 12.9. The number of cyclic esters (lactones) is 1. The van der Waals surface area contributed by atoms with Gasteiger partial charge in [0.2, 0.25) is 0 Å². The highest BCUT2D eigenvalue weighted by atomic mass is 16.5. The molecule has 23 heavy (non-hydrogen) atoms. The second-order valence-corrected chi connectivity index (χ2v) is 5.99. The van der Waals surface area contributed by atoms with Gasteiger partial charge in [-0.05, 0) is 36.6 Å². The fourth-order valence-electron chi connectivity index (χ4n) is 3.40. The molecule has 2 aliphatic rings. The minimum Gasteiger partial charge on any atom is -0.454 e. The van der Waals surface area contributed by atoms with Crippen molar-refractivity contribution < 1.29 is 14.3 Å². The van der Waals surface area contributed by atoms with E-state index in [9.17, 15) is 9.59 Å². The highest BCUT2D eigenvalue weighted by molar-refractivity contribution is 6.16. The van der Waals surface area contributed by atoms with Gasteiger partial charge in [0, 0.05) is 16.7 Å². The molecule has 1 atom stereocenters. The van der Waals surface area contributed by atoms with Crippen molar-refractivity contribution in [3.05, 3.63) is 70.8 Å². The SMILES string of the molecule is CC1OC(=O)C2=C(C(=O)c3ccc4ccccc4c3)CCC=C21. The molecule has 0 amide bonds. The number of carbonyl (C=O) groups is 2. The van der Waals surface area contributed by atoms with Gasteiger partial charge in [0.15, 0.2) is 5.78 Å². The van der Waals surface area contributed by atoms with Crippen molar-refractivity contribution in [3.63, 3.8) is 0 Å². The van der Waals surface area contributed by atoms with Crippen LogP contribution in [0.3, 0.4) is 0 Å². The molecule has 114 valence electrons. The minimum atomic E-state index is -0.368. The van der Waals surface area contributed by atoms with E-state index < -0.39 is 0 Å². The van der Waals surface area contributed by atoms with Crippen LogP contribution in [0.15, 0.2) is 65.3 Å². The summed E-state index contributed by atoms with van der Waals surface area (Å²) in [6, 6.07) is 13.6. The number of fused-ring (bicyclic) bond motifs is 2. The molecule has 4 rings (SSSR count). The summed E-state index contributed by atoms with van der Waals surface area (Å²) in [6.45, 7) is 1.85. The molecule has 2 aromatic carbocycles. The summed E-state index contributed by atoms with van der Waals surface area (Å²) in [4.78, 5) is 25.0. The summed E-state index contributed by atoms with van der Waals surface area (Å²) in [6.07, 6.45) is 3.13. The Bertz CT molecular complexity index is 902. The van der Waals surface area contributed by atoms with Crippen molar-refractivity contribution in [1.29, 1.82) is 0 Å². The lowest BCUT2D eigenvalue weighted by atomic mass is 9.86. The summed E-state index contributed by atoms with van der Waals surface area (Å²) < 4.78 is 5.28. The van der Waals surface area contributed by atoms with Crippen molar-refractivity contribution in [2.45, 2.75) is 25.9 Å². The van der Waals surface area contributed by atoms with Gasteiger partial charge in [-0.2, -0.15) is 0 Å². The fraction of sp³-hybridized carbons (Fsp3) is 0.200. The lowest BCUT2D eigenvalue weighted by Gasteiger charge is -2.14. The number of carbonyl (C=O) groups excluding carboxylic acids is 2. The van der Waals surface area contributed by atoms with Crippen LogP contribution < -0.4 is 0 Å². The van der Waals surface area contributed by atoms with Crippen molar-refractivity contribution in [3.8, 4) is 0 Å². The number of allylic oxidation sites excluding steroid dienone is 2. The minimum absolute atomic E-state index is 0.0672. The maximum Gasteiger partial charge on any atom is 0.339 e. The van der Waals surface area contributed by atoms with Crippen LogP contribution in [-0.4, -0.2) is 17.9 Å². The number of benzene rings is 2. The van der Waals surface area contributed by atoms with Gasteiger partial charge in [0.05, 0.1) is 5.57 Å². The second kappa shape index (κ2) is 5.20. The lowest BCUT2D eigenvalue weighted by molar-refractivity contribution is -0.137. The third-order valence-electron chi connectivity index (χ3n) is 4.56. The standard InChI is InChI=1S/C20H16O3/c1-12-16-7-4-8-17(18(16)20(22)23-12)19(21)15-10-9-13-5-2-3-6-14(13)11-15/h2-3,5-7,9-12H,4,8H2,1H3. The summed E-state index contributed by atoms with van der Waals surface area (Å²) in [7, 11) is 0. The van der Waals surface area contributed by atoms with Gasteiger partial charge in [-0.15, -0.1) is 0 Å². The van der Waals surface area contributed by atoms with Crippen molar-refractivity contribution in [2.24, 2.45) is 0 Å². The third kappa shape index (κ3) is 2.20. The molecule has 0 N–H and O–H groups in total. The predicted molar refractivity (Wildman–Crippen MR) is 88.2 cm³/mol. The molecule has 1 fully saturated rings. The highest BCUT2D eigenvalue weighted by Gasteiger charge is 2.37. The smallest absolute Gasteiger partial charge is 0.339 e. The van der Waals surface area contributed by atoms with Crippen LogP contribution in [0.1, 0.15) is 30.1 Å². The van der Waals surface area contributed by atoms with E-state index >= 15 is 0 Å². The number of rotatable bonds is 2. The Morgan fingerprint density at radius 1 is 1.13 bits per heavy atom. The molecule has 1 saturated heterocycles. The Hall–Kier alpha value is -2.68. The topological polar surface area (TPSA) is 43.4 Å². The number of ketones is 1. The summed E-state index contributed by atoms with van der Waals surface area (Å²) in [5.41, 5.74) is 2.57. The quantitative estimate of drug-likeness (QED) is 0.622. The van der Waals surface area contributed by atoms with Crippen LogP contribution in [0.4, 0.5) is 0 Å². The first-order valence-electron chi connectivity index (χ1n) is 7.83. The number of hydrogen-bond donors (Lipinski definition) is 0. The number of ether oxygens (including phenoxy) is 1. The zero-order valence-electron chi connectivity index (χ0n) is 12.8. The van der Waals surface area contributed by atoms with E-state index in [0.717, 1.165) is 22.8 Å². The van der Waals surface area contributed by atoms with Crippen molar-refractivity contribution >= 4 is 22.5 Å². The van der Waals surface area contributed by atoms with Crippen LogP contribution in [0.2, 0.25) is 0 Å². The zero-order valence-corrected chi connectivity index (χ0v) is 12.8. The van der Waals surface area contributed by atoms with Gasteiger partial charge in [-0.1, -0.05) is 42.5 Å². The van der Waals surface area contributed by atoms with Crippen LogP contribution >= 0.6 is 0 Å². The Balaban J connectivity index is 1.81. The molecule has 1 heterocycles. The fourth-order valence-corrected chi connectivity index (χ4v) is 3.40. The average Bonchev–Trinajstić information content (AvgIpc) is 2.88. The van der Waals surface area contributed by atoms with Crippen LogP contribution in [0, 0.1) is 0 Å². The molecule has 1 unspecified atom stereocenters. The largest absolute Gasteiger partial charge is 0.454 e. The van der Waals surface area contributed by atoms with E-state index in [1.54, 1.807) is 0 Å². The molecule has 1 aliphatic carbocycles. The van der Waals surface area contributed by atoms with E-state index in [1.165, 1.54) is 0 Å². The van der Waals surface area contributed by atoms with Crippen molar-refractivity contribution in [1.82, 2.24) is 0 Å². The summed E-state index contributed by atoms with van der Waals surface area (Å²) >= 11 is 0. The van der Waals surface area contributed by atoms with E-state index in [1.807, 2.05) is 55.5 Å². The molecule has 1 aliphatic heterocycles. The first-order valence-corrected chi connectivity index (χ1v) is 7.83. The average molecular weight is 304 g/mol. The number of hydrogen-bond acceptors (Lipinski definition) is 3. The monoisotopic (exact) mass is 304 g/mol. The third-order valence-corrected chi connectivity index (χ3v) is 4.56. The van der Waals surface area contributed by atoms with Crippen LogP contribution in [0.25, 0.3) is 10.8 Å². The van der Waals surface area contributed by atoms with Gasteiger partial charge in [-0.3, -0.25) is 4.79 Å². The van der Waals surface area contributed by atoms with E-state index in [2.05, 4.69) is 0 Å². The first kappa shape index (κ1) is 13.9. The molecule has 0 bridgehead atoms. The Morgan fingerprint density at radius 3 is 2.74 bits per heavy atom. The van der Waals surface area contributed by atoms with E-state index in [4.69, 9.17) is 4.74 Å². The van der Waals surface area contributed by atoms with Gasteiger partial charge < -0.3 is 4.74 Å². The number of esters is 1. The molecule has 3 heteroatoms. The van der Waals surface area contributed by atoms with Crippen LogP contribution in [0.5, 0.6) is 0 Å². The second-order valence-electron chi connectivity index (χ2n) is 5.99. The van der Waals surface area contributed by atoms with Gasteiger partial charge in [0.1, 0.15) is 6.10 Å². The van der Waals surface area contributed by atoms with Gasteiger partial charge in [-0.25, -0.2) is 4.79 Å². The highest BCUT2D eigenvalue weighted by Crippen LogP contribution is 2.36.